The van der Waals surface area contributed by atoms with Crippen LogP contribution in [0.1, 0.15) is 33.6 Å². The van der Waals surface area contributed by atoms with Gasteiger partial charge in [-0.3, -0.25) is 0 Å². The predicted molar refractivity (Wildman–Crippen MR) is 64.2 cm³/mol. The summed E-state index contributed by atoms with van der Waals surface area (Å²) in [5, 5.41) is 0. The van der Waals surface area contributed by atoms with Gasteiger partial charge in [0.1, 0.15) is 17.7 Å². The number of aliphatic imine (C=N–C) groups is 1. The van der Waals surface area contributed by atoms with E-state index in [0.29, 0.717) is 19.7 Å². The van der Waals surface area contributed by atoms with E-state index in [1.54, 1.807) is 4.90 Å². The first-order valence-electron chi connectivity index (χ1n) is 6.04. The maximum Gasteiger partial charge on any atom is 0.410 e. The molecule has 17 heavy (non-hydrogen) atoms. The first kappa shape index (κ1) is 12.2. The second kappa shape index (κ2) is 4.20. The second-order valence-corrected chi connectivity index (χ2v) is 5.74. The van der Waals surface area contributed by atoms with E-state index in [4.69, 9.17) is 9.47 Å². The molecule has 0 aromatic carbocycles. The van der Waals surface area contributed by atoms with Gasteiger partial charge < -0.3 is 14.4 Å². The molecule has 0 unspecified atom stereocenters. The Morgan fingerprint density at radius 2 is 2.06 bits per heavy atom. The topological polar surface area (TPSA) is 51.1 Å². The molecule has 1 amide bonds. The quantitative estimate of drug-likeness (QED) is 0.649. The summed E-state index contributed by atoms with van der Waals surface area (Å²) in [5.41, 5.74) is -0.515. The van der Waals surface area contributed by atoms with E-state index >= 15 is 0 Å². The molecule has 2 aliphatic rings. The van der Waals surface area contributed by atoms with Gasteiger partial charge in [0.25, 0.3) is 0 Å². The number of ether oxygens (including phenoxy) is 2. The van der Waals surface area contributed by atoms with Crippen LogP contribution in [0.4, 0.5) is 4.79 Å². The van der Waals surface area contributed by atoms with Crippen LogP contribution in [-0.2, 0) is 9.47 Å². The number of piperidine rings is 1. The highest BCUT2D eigenvalue weighted by Gasteiger charge is 2.39. The Morgan fingerprint density at radius 1 is 1.41 bits per heavy atom. The van der Waals surface area contributed by atoms with Gasteiger partial charge in [-0.1, -0.05) is 0 Å². The average molecular weight is 240 g/mol. The number of carbonyl (C=O) groups excluding carboxylic acids is 1. The summed E-state index contributed by atoms with van der Waals surface area (Å²) in [6.45, 7) is 7.67. The fourth-order valence-electron chi connectivity index (χ4n) is 2.08. The number of hydrogen-bond acceptors (Lipinski definition) is 4. The molecule has 0 aromatic heterocycles. The van der Waals surface area contributed by atoms with Gasteiger partial charge in [0.2, 0.25) is 0 Å². The van der Waals surface area contributed by atoms with Gasteiger partial charge in [0.05, 0.1) is 0 Å². The summed E-state index contributed by atoms with van der Waals surface area (Å²) in [4.78, 5) is 18.0. The smallest absolute Gasteiger partial charge is 0.410 e. The molecule has 5 heteroatoms. The lowest BCUT2D eigenvalue weighted by Gasteiger charge is -2.36. The summed E-state index contributed by atoms with van der Waals surface area (Å²) in [5.74, 6) is 0. The van der Waals surface area contributed by atoms with Crippen LogP contribution in [0.3, 0.4) is 0 Å². The maximum atomic E-state index is 11.9. The Morgan fingerprint density at radius 3 is 2.53 bits per heavy atom. The molecule has 2 heterocycles. The lowest BCUT2D eigenvalue weighted by molar-refractivity contribution is 0.0157. The van der Waals surface area contributed by atoms with E-state index in [9.17, 15) is 4.79 Å². The normalized spacial score (nSPS) is 22.6. The molecule has 0 radical (unpaired) electrons. The van der Waals surface area contributed by atoms with Crippen molar-refractivity contribution in [2.24, 2.45) is 4.99 Å². The van der Waals surface area contributed by atoms with Gasteiger partial charge in [0, 0.05) is 13.1 Å². The van der Waals surface area contributed by atoms with Crippen molar-refractivity contribution in [3.05, 3.63) is 0 Å². The lowest BCUT2D eigenvalue weighted by atomic mass is 9.90. The number of nitrogens with zero attached hydrogens (tertiary/aromatic N) is 2. The zero-order valence-electron chi connectivity index (χ0n) is 10.7. The van der Waals surface area contributed by atoms with Crippen molar-refractivity contribution >= 4 is 12.5 Å². The van der Waals surface area contributed by atoms with Crippen molar-refractivity contribution in [2.45, 2.75) is 44.8 Å². The van der Waals surface area contributed by atoms with E-state index in [0.717, 1.165) is 12.8 Å². The fourth-order valence-corrected chi connectivity index (χ4v) is 2.08. The molecule has 96 valence electrons. The van der Waals surface area contributed by atoms with Gasteiger partial charge in [-0.25, -0.2) is 9.79 Å². The molecule has 2 rings (SSSR count). The summed E-state index contributed by atoms with van der Waals surface area (Å²) in [6.07, 6.45) is 3.00. The van der Waals surface area contributed by atoms with Crippen molar-refractivity contribution < 1.29 is 14.3 Å². The average Bonchev–Trinajstić information content (AvgIpc) is 2.65. The number of rotatable bonds is 0. The molecule has 0 bridgehead atoms. The van der Waals surface area contributed by atoms with E-state index in [2.05, 4.69) is 4.99 Å². The first-order chi connectivity index (χ1) is 7.90. The van der Waals surface area contributed by atoms with E-state index < -0.39 is 5.60 Å². The van der Waals surface area contributed by atoms with Crippen LogP contribution < -0.4 is 0 Å². The highest BCUT2D eigenvalue weighted by Crippen LogP contribution is 2.29. The van der Waals surface area contributed by atoms with Crippen molar-refractivity contribution in [3.63, 3.8) is 0 Å². The van der Waals surface area contributed by atoms with E-state index in [-0.39, 0.29) is 11.6 Å². The molecule has 0 N–H and O–H groups in total. The monoisotopic (exact) mass is 240 g/mol. The minimum Gasteiger partial charge on any atom is -0.481 e. The number of hydrogen-bond donors (Lipinski definition) is 0. The third kappa shape index (κ3) is 2.90. The maximum absolute atomic E-state index is 11.9. The minimum absolute atomic E-state index is 0.0848. The molecular formula is C12H20N2O3. The summed E-state index contributed by atoms with van der Waals surface area (Å²) < 4.78 is 10.5. The number of carbonyl (C=O) groups is 1. The minimum atomic E-state index is -0.430. The van der Waals surface area contributed by atoms with Crippen molar-refractivity contribution in [3.8, 4) is 0 Å². The fraction of sp³-hybridized carbons (Fsp3) is 0.833. The molecule has 0 atom stereocenters. The Hall–Kier alpha value is -1.26. The molecule has 1 fully saturated rings. The van der Waals surface area contributed by atoms with Crippen LogP contribution in [0, 0.1) is 0 Å². The van der Waals surface area contributed by atoms with Crippen molar-refractivity contribution in [2.75, 3.05) is 19.7 Å². The van der Waals surface area contributed by atoms with Gasteiger partial charge in [-0.2, -0.15) is 0 Å². The molecule has 0 aliphatic carbocycles. The van der Waals surface area contributed by atoms with Crippen molar-refractivity contribution in [1.82, 2.24) is 4.90 Å². The van der Waals surface area contributed by atoms with E-state index in [1.807, 2.05) is 20.8 Å². The third-order valence-electron chi connectivity index (χ3n) is 3.10. The van der Waals surface area contributed by atoms with Crippen LogP contribution in [0.15, 0.2) is 4.99 Å². The van der Waals surface area contributed by atoms with Gasteiger partial charge in [0.15, 0.2) is 6.40 Å². The summed E-state index contributed by atoms with van der Waals surface area (Å²) in [6, 6.07) is 0. The first-order valence-corrected chi connectivity index (χ1v) is 6.04. The lowest BCUT2D eigenvalue weighted by Crippen LogP contribution is -2.48. The zero-order valence-corrected chi connectivity index (χ0v) is 10.7. The van der Waals surface area contributed by atoms with Crippen LogP contribution in [0.2, 0.25) is 0 Å². The SMILES string of the molecule is CC(C)(C)OC(=O)N1CCC2(CC1)COC=N2. The Kier molecular flexibility index (Phi) is 3.02. The number of amides is 1. The van der Waals surface area contributed by atoms with Gasteiger partial charge >= 0.3 is 6.09 Å². The highest BCUT2D eigenvalue weighted by atomic mass is 16.6. The van der Waals surface area contributed by atoms with Gasteiger partial charge in [-0.05, 0) is 33.6 Å². The molecule has 2 aliphatic heterocycles. The second-order valence-electron chi connectivity index (χ2n) is 5.74. The Bertz CT molecular complexity index is 325. The van der Waals surface area contributed by atoms with Gasteiger partial charge in [-0.15, -0.1) is 0 Å². The summed E-state index contributed by atoms with van der Waals surface area (Å²) in [7, 11) is 0. The van der Waals surface area contributed by atoms with E-state index in [1.165, 1.54) is 6.40 Å². The Labute approximate surface area is 102 Å². The van der Waals surface area contributed by atoms with Crippen LogP contribution in [0.25, 0.3) is 0 Å². The molecular weight excluding hydrogens is 220 g/mol. The van der Waals surface area contributed by atoms with Crippen LogP contribution in [-0.4, -0.2) is 48.2 Å². The van der Waals surface area contributed by atoms with Crippen LogP contribution >= 0.6 is 0 Å². The highest BCUT2D eigenvalue weighted by molar-refractivity contribution is 5.68. The third-order valence-corrected chi connectivity index (χ3v) is 3.10. The zero-order chi connectivity index (χ0) is 12.5. The van der Waals surface area contributed by atoms with Crippen LogP contribution in [0.5, 0.6) is 0 Å². The Balaban J connectivity index is 1.86. The molecule has 1 saturated heterocycles. The largest absolute Gasteiger partial charge is 0.481 e. The molecule has 0 aromatic rings. The molecule has 5 nitrogen and oxygen atoms in total. The predicted octanol–water partition coefficient (Wildman–Crippen LogP) is 1.81. The number of likely N-dealkylation sites (tertiary alicyclic amines) is 1. The summed E-state index contributed by atoms with van der Waals surface area (Å²) >= 11 is 0. The standard InChI is InChI=1S/C12H20N2O3/c1-11(2,3)17-10(15)14-6-4-12(5-7-14)8-16-9-13-12/h9H,4-8H2,1-3H3. The molecule has 1 spiro atoms. The molecule has 0 saturated carbocycles. The van der Waals surface area contributed by atoms with Crippen molar-refractivity contribution in [1.29, 1.82) is 0 Å².